The smallest absolute Gasteiger partial charge is 0.481 e. The maximum atomic E-state index is 10.6. The van der Waals surface area contributed by atoms with Crippen LogP contribution in [0.25, 0.3) is 11.3 Å². The third kappa shape index (κ3) is 13.1. The minimum Gasteiger partial charge on any atom is -0.481 e. The molecule has 3 aromatic heterocycles. The van der Waals surface area contributed by atoms with Gasteiger partial charge in [-0.15, -0.1) is 0 Å². The average molecular weight is 663 g/mol. The van der Waals surface area contributed by atoms with E-state index in [1.165, 1.54) is 0 Å². The Bertz CT molecular complexity index is 1360. The summed E-state index contributed by atoms with van der Waals surface area (Å²) in [6.07, 6.45) is -7.90. The molecule has 0 unspecified atom stereocenters. The number of methoxy groups -OCH3 is 1. The summed E-state index contributed by atoms with van der Waals surface area (Å²) in [7, 11) is 1.66. The molecule has 21 heteroatoms. The van der Waals surface area contributed by atoms with Gasteiger partial charge in [-0.1, -0.05) is 6.07 Å². The zero-order valence-corrected chi connectivity index (χ0v) is 22.6. The van der Waals surface area contributed by atoms with Gasteiger partial charge in [0.25, 0.3) is 0 Å². The van der Waals surface area contributed by atoms with Crippen molar-refractivity contribution in [2.24, 2.45) is 0 Å². The van der Waals surface area contributed by atoms with Crippen LogP contribution in [-0.2, 0) is 34.0 Å². The lowest BCUT2D eigenvalue weighted by atomic mass is 10.2. The Morgan fingerprint density at radius 1 is 0.800 bits per heavy atom. The summed E-state index contributed by atoms with van der Waals surface area (Å²) in [6, 6.07) is 8.06. The van der Waals surface area contributed by atoms with E-state index in [-0.39, 0.29) is 0 Å². The molecule has 0 spiro atoms. The Morgan fingerprint density at radius 2 is 1.29 bits per heavy atom. The largest absolute Gasteiger partial charge is 0.490 e. The second kappa shape index (κ2) is 16.2. The van der Waals surface area contributed by atoms with E-state index in [4.69, 9.17) is 34.4 Å². The van der Waals surface area contributed by atoms with Crippen LogP contribution in [0.3, 0.4) is 0 Å². The number of halogens is 9. The Kier molecular flexibility index (Phi) is 13.7. The topological polar surface area (TPSA) is 168 Å². The first-order valence-electron chi connectivity index (χ1n) is 11.7. The molecular weight excluding hydrogens is 641 g/mol. The number of carboxylic acids is 3. The van der Waals surface area contributed by atoms with Gasteiger partial charge in [-0.3, -0.25) is 9.88 Å². The summed E-state index contributed by atoms with van der Waals surface area (Å²) < 4.78 is 103. The monoisotopic (exact) mass is 663 g/mol. The number of nitrogens with zero attached hydrogens (tertiary/aromatic N) is 5. The molecule has 3 N–H and O–H groups in total. The number of hydrogen-bond donors (Lipinski definition) is 3. The van der Waals surface area contributed by atoms with Crippen molar-refractivity contribution in [3.63, 3.8) is 0 Å². The van der Waals surface area contributed by atoms with Gasteiger partial charge >= 0.3 is 36.4 Å². The van der Waals surface area contributed by atoms with Crippen molar-refractivity contribution in [1.29, 1.82) is 0 Å². The van der Waals surface area contributed by atoms with Gasteiger partial charge in [0.1, 0.15) is 5.82 Å². The van der Waals surface area contributed by atoms with E-state index in [1.54, 1.807) is 13.3 Å². The van der Waals surface area contributed by atoms with E-state index in [0.717, 1.165) is 48.8 Å². The number of aliphatic carboxylic acids is 3. The normalized spacial score (nSPS) is 12.9. The first-order chi connectivity index (χ1) is 20.7. The van der Waals surface area contributed by atoms with Crippen molar-refractivity contribution < 1.29 is 74.0 Å². The van der Waals surface area contributed by atoms with E-state index >= 15 is 0 Å². The van der Waals surface area contributed by atoms with Crippen LogP contribution in [0.5, 0.6) is 5.88 Å². The van der Waals surface area contributed by atoms with Gasteiger partial charge in [0.15, 0.2) is 0 Å². The minimum atomic E-state index is -5.08. The average Bonchev–Trinajstić information content (AvgIpc) is 3.37. The molecule has 4 heterocycles. The standard InChI is InChI=1S/C18H19N5O.3C2HF3O2/c1-24-18-15(3-2-6-20-18)12-22-9-10-23-16(11-21-17(23)13-22)14-4-7-19-8-5-14;3*3-2(4,5)1(6)7/h2-8,11H,9-10,12-13H2,1H3;3*(H,6,7). The molecule has 0 bridgehead atoms. The molecule has 1 aliphatic heterocycles. The van der Waals surface area contributed by atoms with Crippen LogP contribution in [-0.4, -0.2) is 89.8 Å². The molecule has 0 aliphatic carbocycles. The van der Waals surface area contributed by atoms with Crippen LogP contribution in [0.2, 0.25) is 0 Å². The number of rotatable bonds is 4. The van der Waals surface area contributed by atoms with Crippen molar-refractivity contribution in [2.75, 3.05) is 13.7 Å². The number of pyridine rings is 2. The number of fused-ring (bicyclic) bond motifs is 1. The van der Waals surface area contributed by atoms with E-state index < -0.39 is 36.4 Å². The number of ether oxygens (including phenoxy) is 1. The fourth-order valence-electron chi connectivity index (χ4n) is 3.17. The molecule has 0 aromatic carbocycles. The zero-order valence-electron chi connectivity index (χ0n) is 22.6. The molecule has 0 atom stereocenters. The Balaban J connectivity index is 0.000000396. The third-order valence-corrected chi connectivity index (χ3v) is 5.08. The van der Waals surface area contributed by atoms with Gasteiger partial charge < -0.3 is 24.6 Å². The highest BCUT2D eigenvalue weighted by molar-refractivity contribution is 5.73. The summed E-state index contributed by atoms with van der Waals surface area (Å²) in [5.41, 5.74) is 3.42. The first kappa shape index (κ1) is 38.1. The maximum Gasteiger partial charge on any atom is 0.490 e. The zero-order chi connectivity index (χ0) is 34.6. The number of hydrogen-bond acceptors (Lipinski definition) is 8. The molecule has 0 radical (unpaired) electrons. The lowest BCUT2D eigenvalue weighted by Crippen LogP contribution is -2.33. The quantitative estimate of drug-likeness (QED) is 0.341. The molecule has 248 valence electrons. The van der Waals surface area contributed by atoms with E-state index in [1.807, 2.05) is 36.8 Å². The van der Waals surface area contributed by atoms with Crippen LogP contribution in [0.15, 0.2) is 49.1 Å². The molecule has 4 rings (SSSR count). The molecule has 45 heavy (non-hydrogen) atoms. The van der Waals surface area contributed by atoms with Crippen LogP contribution >= 0.6 is 0 Å². The Labute approximate surface area is 246 Å². The predicted octanol–water partition coefficient (Wildman–Crippen LogP) is 4.26. The summed E-state index contributed by atoms with van der Waals surface area (Å²) in [5, 5.41) is 21.4. The van der Waals surface area contributed by atoms with Crippen molar-refractivity contribution in [3.05, 3.63) is 60.4 Å². The SMILES string of the molecule is COc1ncccc1CN1CCn2c(-c3ccncc3)cnc2C1.O=C(O)C(F)(F)F.O=C(O)C(F)(F)F.O=C(O)C(F)(F)F. The second-order valence-electron chi connectivity index (χ2n) is 8.24. The molecular formula is C24H22F9N5O7. The maximum absolute atomic E-state index is 10.6. The first-order valence-corrected chi connectivity index (χ1v) is 11.7. The van der Waals surface area contributed by atoms with Gasteiger partial charge in [0, 0.05) is 49.4 Å². The van der Waals surface area contributed by atoms with E-state index in [0.29, 0.717) is 5.88 Å². The lowest BCUT2D eigenvalue weighted by molar-refractivity contribution is -0.193. The van der Waals surface area contributed by atoms with Crippen molar-refractivity contribution in [3.8, 4) is 17.1 Å². The van der Waals surface area contributed by atoms with Crippen molar-refractivity contribution >= 4 is 17.9 Å². The number of alkyl halides is 9. The van der Waals surface area contributed by atoms with Crippen LogP contribution < -0.4 is 4.74 Å². The summed E-state index contributed by atoms with van der Waals surface area (Å²) in [6.45, 7) is 3.53. The van der Waals surface area contributed by atoms with Gasteiger partial charge in [-0.05, 0) is 18.2 Å². The molecule has 1 aliphatic rings. The molecule has 3 aromatic rings. The molecule has 0 fully saturated rings. The molecule has 0 saturated heterocycles. The van der Waals surface area contributed by atoms with Crippen molar-refractivity contribution in [2.45, 2.75) is 38.2 Å². The van der Waals surface area contributed by atoms with Gasteiger partial charge in [0.05, 0.1) is 25.5 Å². The minimum absolute atomic E-state index is 0.698. The second-order valence-corrected chi connectivity index (χ2v) is 8.24. The number of imidazole rings is 1. The fraction of sp³-hybridized carbons (Fsp3) is 0.333. The highest BCUT2D eigenvalue weighted by Gasteiger charge is 2.39. The molecule has 0 saturated carbocycles. The number of aromatic nitrogens is 4. The van der Waals surface area contributed by atoms with Gasteiger partial charge in [-0.25, -0.2) is 24.4 Å². The Morgan fingerprint density at radius 3 is 1.73 bits per heavy atom. The van der Waals surface area contributed by atoms with Crippen molar-refractivity contribution in [1.82, 2.24) is 24.4 Å². The third-order valence-electron chi connectivity index (χ3n) is 5.08. The number of carboxylic acid groups (broad SMARTS) is 3. The predicted molar refractivity (Wildman–Crippen MR) is 131 cm³/mol. The molecule has 12 nitrogen and oxygen atoms in total. The van der Waals surface area contributed by atoms with Crippen LogP contribution in [0.4, 0.5) is 39.5 Å². The summed E-state index contributed by atoms with van der Waals surface area (Å²) >= 11 is 0. The highest BCUT2D eigenvalue weighted by atomic mass is 19.4. The van der Waals surface area contributed by atoms with E-state index in [2.05, 4.69) is 30.5 Å². The number of carbonyl (C=O) groups is 3. The fourth-order valence-corrected chi connectivity index (χ4v) is 3.17. The van der Waals surface area contributed by atoms with Gasteiger partial charge in [-0.2, -0.15) is 39.5 Å². The summed E-state index contributed by atoms with van der Waals surface area (Å²) in [5.74, 6) is -6.48. The van der Waals surface area contributed by atoms with Crippen LogP contribution in [0, 0.1) is 0 Å². The summed E-state index contributed by atoms with van der Waals surface area (Å²) in [4.78, 5) is 42.0. The Hall–Kier alpha value is -4.95. The van der Waals surface area contributed by atoms with Crippen LogP contribution in [0.1, 0.15) is 11.4 Å². The van der Waals surface area contributed by atoms with E-state index in [9.17, 15) is 39.5 Å². The molecule has 0 amide bonds. The highest BCUT2D eigenvalue weighted by Crippen LogP contribution is 2.25. The van der Waals surface area contributed by atoms with Gasteiger partial charge in [0.2, 0.25) is 5.88 Å². The lowest BCUT2D eigenvalue weighted by Gasteiger charge is -2.28.